The zero-order valence-electron chi connectivity index (χ0n) is 12.0. The zero-order chi connectivity index (χ0) is 15.8. The summed E-state index contributed by atoms with van der Waals surface area (Å²) in [6.07, 6.45) is 2.31. The molecule has 2 rings (SSSR count). The molecule has 1 atom stereocenters. The second-order valence-electron chi connectivity index (χ2n) is 4.89. The van der Waals surface area contributed by atoms with Gasteiger partial charge in [0.15, 0.2) is 0 Å². The summed E-state index contributed by atoms with van der Waals surface area (Å²) < 4.78 is 0. The highest BCUT2D eigenvalue weighted by atomic mass is 35.5. The van der Waals surface area contributed by atoms with Gasteiger partial charge in [0.1, 0.15) is 0 Å². The monoisotopic (exact) mass is 319 g/mol. The molecule has 22 heavy (non-hydrogen) atoms. The van der Waals surface area contributed by atoms with Gasteiger partial charge in [0.2, 0.25) is 0 Å². The fraction of sp³-hybridized carbons (Fsp3) is 0.250. The Labute approximate surface area is 134 Å². The van der Waals surface area contributed by atoms with Gasteiger partial charge in [-0.15, -0.1) is 0 Å². The minimum absolute atomic E-state index is 0.0249. The summed E-state index contributed by atoms with van der Waals surface area (Å²) in [6, 6.07) is 12.3. The van der Waals surface area contributed by atoms with Gasteiger partial charge in [-0.1, -0.05) is 29.8 Å². The van der Waals surface area contributed by atoms with Crippen molar-refractivity contribution in [1.29, 1.82) is 0 Å². The van der Waals surface area contributed by atoms with Crippen LogP contribution in [0.2, 0.25) is 5.02 Å². The van der Waals surface area contributed by atoms with Gasteiger partial charge < -0.3 is 15.7 Å². The highest BCUT2D eigenvalue weighted by molar-refractivity contribution is 6.33. The lowest BCUT2D eigenvalue weighted by atomic mass is 10.0. The van der Waals surface area contributed by atoms with E-state index < -0.39 is 0 Å². The first-order valence-corrected chi connectivity index (χ1v) is 7.37. The molecule has 0 saturated heterocycles. The van der Waals surface area contributed by atoms with Crippen LogP contribution in [0, 0.1) is 5.92 Å². The van der Waals surface area contributed by atoms with Crippen LogP contribution in [0.15, 0.2) is 48.7 Å². The normalized spacial score (nSPS) is 11.7. The number of halogens is 1. The largest absolute Gasteiger partial charge is 0.396 e. The third-order valence-electron chi connectivity index (χ3n) is 3.16. The molecule has 0 radical (unpaired) electrons. The molecule has 0 unspecified atom stereocenters. The number of nitrogens with zero attached hydrogens (tertiary/aromatic N) is 1. The van der Waals surface area contributed by atoms with Crippen molar-refractivity contribution in [1.82, 2.24) is 10.3 Å². The lowest BCUT2D eigenvalue weighted by Crippen LogP contribution is -2.35. The molecule has 3 N–H and O–H groups in total. The second-order valence-corrected chi connectivity index (χ2v) is 5.30. The number of nitrogens with one attached hydrogen (secondary N) is 2. The summed E-state index contributed by atoms with van der Waals surface area (Å²) in [4.78, 5) is 16.1. The molecule has 116 valence electrons. The molecule has 0 saturated carbocycles. The van der Waals surface area contributed by atoms with Crippen molar-refractivity contribution < 1.29 is 9.90 Å². The molecule has 0 aliphatic carbocycles. The van der Waals surface area contributed by atoms with Crippen molar-refractivity contribution in [2.45, 2.75) is 6.42 Å². The van der Waals surface area contributed by atoms with Crippen LogP contribution in [-0.4, -0.2) is 29.3 Å². The zero-order valence-corrected chi connectivity index (χ0v) is 12.8. The van der Waals surface area contributed by atoms with E-state index in [1.165, 1.54) is 0 Å². The van der Waals surface area contributed by atoms with Gasteiger partial charge in [0.05, 0.1) is 10.7 Å². The Bertz CT molecular complexity index is 607. The number of para-hydroxylation sites is 1. The van der Waals surface area contributed by atoms with Gasteiger partial charge in [-0.3, -0.25) is 4.98 Å². The van der Waals surface area contributed by atoms with Crippen molar-refractivity contribution >= 4 is 23.3 Å². The second kappa shape index (κ2) is 8.36. The standard InChI is InChI=1S/C16H18ClN3O2/c17-14-6-1-2-7-15(14)20-16(22)19-10-12(11-21)9-13-5-3-4-8-18-13/h1-8,12,21H,9-11H2,(H2,19,20,22)/t12-/m0/s1. The number of urea groups is 1. The lowest BCUT2D eigenvalue weighted by molar-refractivity contribution is 0.217. The molecular weight excluding hydrogens is 302 g/mol. The highest BCUT2D eigenvalue weighted by Crippen LogP contribution is 2.20. The maximum Gasteiger partial charge on any atom is 0.319 e. The number of anilines is 1. The van der Waals surface area contributed by atoms with E-state index in [9.17, 15) is 9.90 Å². The van der Waals surface area contributed by atoms with Crippen LogP contribution in [0.3, 0.4) is 0 Å². The predicted octanol–water partition coefficient (Wildman–Crippen LogP) is 2.71. The number of aliphatic hydroxyl groups is 1. The maximum absolute atomic E-state index is 11.9. The number of carbonyl (C=O) groups is 1. The van der Waals surface area contributed by atoms with Crippen LogP contribution in [0.25, 0.3) is 0 Å². The maximum atomic E-state index is 11.9. The number of amides is 2. The fourth-order valence-corrected chi connectivity index (χ4v) is 2.17. The first-order chi connectivity index (χ1) is 10.7. The molecule has 1 heterocycles. The Morgan fingerprint density at radius 2 is 2.00 bits per heavy atom. The molecule has 6 heteroatoms. The molecule has 1 aromatic carbocycles. The van der Waals surface area contributed by atoms with Gasteiger partial charge in [-0.25, -0.2) is 4.79 Å². The van der Waals surface area contributed by atoms with Crippen LogP contribution in [0.4, 0.5) is 10.5 Å². The Kier molecular flexibility index (Phi) is 6.18. The number of hydrogen-bond acceptors (Lipinski definition) is 3. The van der Waals surface area contributed by atoms with E-state index in [-0.39, 0.29) is 18.6 Å². The minimum Gasteiger partial charge on any atom is -0.396 e. The van der Waals surface area contributed by atoms with Gasteiger partial charge >= 0.3 is 6.03 Å². The minimum atomic E-state index is -0.354. The smallest absolute Gasteiger partial charge is 0.319 e. The van der Waals surface area contributed by atoms with Crippen LogP contribution in [-0.2, 0) is 6.42 Å². The molecular formula is C16H18ClN3O2. The topological polar surface area (TPSA) is 74.2 Å². The molecule has 2 amide bonds. The number of aliphatic hydroxyl groups excluding tert-OH is 1. The van der Waals surface area contributed by atoms with Crippen molar-refractivity contribution in [3.8, 4) is 0 Å². The van der Waals surface area contributed by atoms with Crippen LogP contribution >= 0.6 is 11.6 Å². The van der Waals surface area contributed by atoms with Crippen molar-refractivity contribution in [3.05, 3.63) is 59.4 Å². The third kappa shape index (κ3) is 5.02. The summed E-state index contributed by atoms with van der Waals surface area (Å²) in [5.74, 6) is -0.0908. The Morgan fingerprint density at radius 3 is 2.68 bits per heavy atom. The number of aromatic nitrogens is 1. The molecule has 1 aromatic heterocycles. The molecule has 5 nitrogen and oxygen atoms in total. The molecule has 0 bridgehead atoms. The Hall–Kier alpha value is -2.11. The van der Waals surface area contributed by atoms with E-state index in [0.29, 0.717) is 23.7 Å². The summed E-state index contributed by atoms with van der Waals surface area (Å²) in [5, 5.41) is 15.3. The molecule has 0 aliphatic rings. The summed E-state index contributed by atoms with van der Waals surface area (Å²) in [5.41, 5.74) is 1.43. The van der Waals surface area contributed by atoms with E-state index in [1.807, 2.05) is 18.2 Å². The van der Waals surface area contributed by atoms with Crippen LogP contribution in [0.1, 0.15) is 5.69 Å². The highest BCUT2D eigenvalue weighted by Gasteiger charge is 2.12. The molecule has 0 spiro atoms. The van der Waals surface area contributed by atoms with Crippen molar-refractivity contribution in [2.75, 3.05) is 18.5 Å². The Morgan fingerprint density at radius 1 is 1.23 bits per heavy atom. The van der Waals surface area contributed by atoms with E-state index in [1.54, 1.807) is 30.5 Å². The number of pyridine rings is 1. The Balaban J connectivity index is 1.83. The van der Waals surface area contributed by atoms with Crippen LogP contribution < -0.4 is 10.6 Å². The lowest BCUT2D eigenvalue weighted by Gasteiger charge is -2.15. The van der Waals surface area contributed by atoms with Crippen LogP contribution in [0.5, 0.6) is 0 Å². The van der Waals surface area contributed by atoms with Crippen molar-refractivity contribution in [2.24, 2.45) is 5.92 Å². The van der Waals surface area contributed by atoms with Gasteiger partial charge in [-0.2, -0.15) is 0 Å². The number of benzene rings is 1. The van der Waals surface area contributed by atoms with E-state index in [2.05, 4.69) is 15.6 Å². The van der Waals surface area contributed by atoms with E-state index in [0.717, 1.165) is 5.69 Å². The van der Waals surface area contributed by atoms with E-state index in [4.69, 9.17) is 11.6 Å². The quantitative estimate of drug-likeness (QED) is 0.766. The molecule has 2 aromatic rings. The van der Waals surface area contributed by atoms with Gasteiger partial charge in [-0.05, 0) is 30.7 Å². The number of carbonyl (C=O) groups excluding carboxylic acids is 1. The third-order valence-corrected chi connectivity index (χ3v) is 3.49. The van der Waals surface area contributed by atoms with Crippen molar-refractivity contribution in [3.63, 3.8) is 0 Å². The summed E-state index contributed by atoms with van der Waals surface area (Å²) in [7, 11) is 0. The average Bonchev–Trinajstić information content (AvgIpc) is 2.54. The van der Waals surface area contributed by atoms with Gasteiger partial charge in [0.25, 0.3) is 0 Å². The van der Waals surface area contributed by atoms with Gasteiger partial charge in [0, 0.05) is 31.0 Å². The summed E-state index contributed by atoms with van der Waals surface area (Å²) >= 11 is 5.97. The predicted molar refractivity (Wildman–Crippen MR) is 87.0 cm³/mol. The van der Waals surface area contributed by atoms with E-state index >= 15 is 0 Å². The molecule has 0 aliphatic heterocycles. The first kappa shape index (κ1) is 16.3. The first-order valence-electron chi connectivity index (χ1n) is 6.99. The average molecular weight is 320 g/mol. The SMILES string of the molecule is O=C(NC[C@@H](CO)Cc1ccccn1)Nc1ccccc1Cl. The summed E-state index contributed by atoms with van der Waals surface area (Å²) in [6.45, 7) is 0.326. The number of hydrogen-bond donors (Lipinski definition) is 3. The number of rotatable bonds is 6. The molecule has 0 fully saturated rings. The fourth-order valence-electron chi connectivity index (χ4n) is 1.98.